The molecule has 62 heavy (non-hydrogen) atoms. The van der Waals surface area contributed by atoms with Crippen molar-refractivity contribution in [3.8, 4) is 5.88 Å². The molecule has 2 aliphatic heterocycles. The number of likely N-dealkylation sites (N-methyl/N-ethyl adjacent to an activating group) is 2. The molecule has 0 bridgehead atoms. The van der Waals surface area contributed by atoms with Gasteiger partial charge in [-0.15, -0.1) is 0 Å². The normalized spacial score (nSPS) is 14.6. The molecule has 4 heterocycles. The fourth-order valence-corrected chi connectivity index (χ4v) is 7.58. The first-order valence-electron chi connectivity index (χ1n) is 20.8. The minimum Gasteiger partial charge on any atom is -0.494 e. The first kappa shape index (κ1) is 48.7. The Kier molecular flexibility index (Phi) is 17.5. The van der Waals surface area contributed by atoms with Crippen LogP contribution < -0.4 is 16.0 Å². The molecule has 0 atom stereocenters. The monoisotopic (exact) mass is 858 g/mol. The molecule has 0 saturated carbocycles. The summed E-state index contributed by atoms with van der Waals surface area (Å²) in [6, 6.07) is 8.28. The number of nitrogens with zero attached hydrogens (tertiary/aromatic N) is 4. The molecule has 3 amide bonds. The number of aliphatic imine (C=N–C) groups is 1. The maximum Gasteiger partial charge on any atom is 0.256 e. The number of aliphatic hydroxyl groups is 2. The third-order valence-electron chi connectivity index (χ3n) is 11.1. The predicted molar refractivity (Wildman–Crippen MR) is 242 cm³/mol. The smallest absolute Gasteiger partial charge is 0.256 e. The maximum absolute atomic E-state index is 13.8. The Labute approximate surface area is 361 Å². The Morgan fingerprint density at radius 2 is 1.44 bits per heavy atom. The van der Waals surface area contributed by atoms with Crippen LogP contribution in [0.15, 0.2) is 58.2 Å². The van der Waals surface area contributed by atoms with Crippen LogP contribution in [0, 0.1) is 25.5 Å². The van der Waals surface area contributed by atoms with Crippen LogP contribution >= 0.6 is 0 Å². The molecule has 0 saturated heterocycles. The van der Waals surface area contributed by atoms with Crippen molar-refractivity contribution in [2.75, 3.05) is 64.8 Å². The molecule has 4 aromatic rings. The minimum atomic E-state index is -0.450. The molecule has 334 valence electrons. The number of rotatable bonds is 15. The second kappa shape index (κ2) is 22.2. The summed E-state index contributed by atoms with van der Waals surface area (Å²) in [5.74, 6) is -1.67. The van der Waals surface area contributed by atoms with E-state index < -0.39 is 18.4 Å². The number of hydrogen-bond acceptors (Lipinski definition) is 9. The van der Waals surface area contributed by atoms with Crippen LogP contribution in [0.2, 0.25) is 0 Å². The summed E-state index contributed by atoms with van der Waals surface area (Å²) < 4.78 is 28.8. The van der Waals surface area contributed by atoms with Crippen molar-refractivity contribution < 1.29 is 38.5 Å². The highest BCUT2D eigenvalue weighted by Crippen LogP contribution is 2.37. The van der Waals surface area contributed by atoms with Crippen LogP contribution in [0.25, 0.3) is 28.6 Å². The Hall–Kier alpha value is -5.94. The summed E-state index contributed by atoms with van der Waals surface area (Å²) in [5, 5.41) is 36.3. The van der Waals surface area contributed by atoms with E-state index in [0.29, 0.717) is 80.2 Å². The summed E-state index contributed by atoms with van der Waals surface area (Å²) in [7, 11) is 1.00. The van der Waals surface area contributed by atoms with Crippen LogP contribution in [0.5, 0.6) is 5.88 Å². The number of aromatic nitrogens is 2. The molecule has 2 aromatic heterocycles. The zero-order valence-corrected chi connectivity index (χ0v) is 37.1. The molecule has 0 spiro atoms. The van der Waals surface area contributed by atoms with Crippen molar-refractivity contribution in [2.45, 2.75) is 62.1 Å². The van der Waals surface area contributed by atoms with Gasteiger partial charge >= 0.3 is 0 Å². The lowest BCUT2D eigenvalue weighted by atomic mass is 10.0. The lowest BCUT2D eigenvalue weighted by molar-refractivity contribution is -0.117. The predicted octanol–water partition coefficient (Wildman–Crippen LogP) is 5.97. The highest BCUT2D eigenvalue weighted by Gasteiger charge is 2.27. The standard InChI is InChI=1S/C23H29FN4O3.C22H27FN4O2.CH4O/c1-5-27(6-2)10-9-25-22(30)21-14(3)19(26-15(21)4)12-18-17-11-16(24)7-8-20(17)28(13-29)23(18)31;1-5-27(6-2)10-9-24-22(29)20-13(3)19(25-14(20)4)12-17-16-11-15(23)7-8-18(16)26-21(17)28;1-2/h7-8,11-12,29,31H,5-6,9-10,13H2,1-4H3,(H,25,30);7-8,11-12,25H,5-6,9-10H2,1-4H3,(H,24,29)(H,26,28);2H,1H3/b;17-12-;. The van der Waals surface area contributed by atoms with Crippen LogP contribution in [-0.4, -0.2) is 118 Å². The number of anilines is 1. The van der Waals surface area contributed by atoms with E-state index in [1.165, 1.54) is 34.9 Å². The number of hydrogen-bond donors (Lipinski definition) is 7. The van der Waals surface area contributed by atoms with Gasteiger partial charge in [0.1, 0.15) is 18.4 Å². The van der Waals surface area contributed by atoms with Gasteiger partial charge < -0.3 is 46.1 Å². The van der Waals surface area contributed by atoms with Crippen molar-refractivity contribution in [3.05, 3.63) is 98.5 Å². The van der Waals surface area contributed by atoms with Gasteiger partial charge in [-0.3, -0.25) is 23.9 Å². The third-order valence-corrected chi connectivity index (χ3v) is 11.1. The van der Waals surface area contributed by atoms with E-state index in [2.05, 4.69) is 63.4 Å². The molecular weight excluding hydrogens is 799 g/mol. The van der Waals surface area contributed by atoms with E-state index in [-0.39, 0.29) is 23.6 Å². The topological polar surface area (TPSA) is 188 Å². The molecule has 0 fully saturated rings. The van der Waals surface area contributed by atoms with Gasteiger partial charge in [0.05, 0.1) is 33.6 Å². The molecule has 6 rings (SSSR count). The summed E-state index contributed by atoms with van der Waals surface area (Å²) in [6.45, 7) is 21.5. The highest BCUT2D eigenvalue weighted by atomic mass is 19.1. The maximum atomic E-state index is 13.8. The number of benzene rings is 2. The quantitative estimate of drug-likeness (QED) is 0.0713. The lowest BCUT2D eigenvalue weighted by Gasteiger charge is -2.18. The van der Waals surface area contributed by atoms with Crippen LogP contribution in [-0.2, 0) is 16.3 Å². The van der Waals surface area contributed by atoms with Gasteiger partial charge in [-0.1, -0.05) is 27.7 Å². The first-order valence-corrected chi connectivity index (χ1v) is 20.8. The number of nitrogens with one attached hydrogen (secondary N) is 4. The van der Waals surface area contributed by atoms with E-state index in [9.17, 15) is 33.4 Å². The Bertz CT molecular complexity index is 2400. The average molecular weight is 859 g/mol. The average Bonchev–Trinajstić information content (AvgIpc) is 3.91. The molecule has 0 unspecified atom stereocenters. The second-order valence-electron chi connectivity index (χ2n) is 14.6. The van der Waals surface area contributed by atoms with Crippen molar-refractivity contribution >= 4 is 57.7 Å². The molecule has 2 aromatic carbocycles. The first-order chi connectivity index (χ1) is 29.7. The second-order valence-corrected chi connectivity index (χ2v) is 14.6. The number of allylic oxidation sites excluding steroid dienone is 1. The fourth-order valence-electron chi connectivity index (χ4n) is 7.58. The lowest BCUT2D eigenvalue weighted by Crippen LogP contribution is -2.36. The Morgan fingerprint density at radius 3 is 2.03 bits per heavy atom. The number of carbonyl (C=O) groups excluding carboxylic acids is 3. The van der Waals surface area contributed by atoms with Gasteiger partial charge in [-0.05, 0) is 114 Å². The number of halogens is 2. The molecule has 7 N–H and O–H groups in total. The van der Waals surface area contributed by atoms with Crippen molar-refractivity contribution in [2.24, 2.45) is 4.99 Å². The van der Waals surface area contributed by atoms with E-state index in [4.69, 9.17) is 5.11 Å². The number of aryl methyl sites for hydroxylation is 1. The van der Waals surface area contributed by atoms with Crippen LogP contribution in [0.3, 0.4) is 0 Å². The van der Waals surface area contributed by atoms with Crippen LogP contribution in [0.1, 0.15) is 80.0 Å². The van der Waals surface area contributed by atoms with Gasteiger partial charge in [-0.25, -0.2) is 8.78 Å². The van der Waals surface area contributed by atoms with Crippen molar-refractivity contribution in [1.29, 1.82) is 0 Å². The fraction of sp³-hybridized carbons (Fsp3) is 0.391. The summed E-state index contributed by atoms with van der Waals surface area (Å²) in [5.41, 5.74) is 7.33. The molecule has 0 radical (unpaired) electrons. The largest absolute Gasteiger partial charge is 0.494 e. The zero-order valence-electron chi connectivity index (χ0n) is 37.1. The third kappa shape index (κ3) is 10.9. The zero-order chi connectivity index (χ0) is 45.8. The van der Waals surface area contributed by atoms with Gasteiger partial charge in [0.2, 0.25) is 5.88 Å². The Morgan fingerprint density at radius 1 is 0.855 bits per heavy atom. The van der Waals surface area contributed by atoms with Crippen LogP contribution in [0.4, 0.5) is 14.5 Å². The molecule has 2 aliphatic rings. The van der Waals surface area contributed by atoms with Gasteiger partial charge in [-0.2, -0.15) is 0 Å². The Balaban J connectivity index is 0.000000263. The van der Waals surface area contributed by atoms with E-state index in [1.807, 2.05) is 13.8 Å². The number of H-pyrrole nitrogens is 1. The number of carbonyl (C=O) groups is 3. The number of aliphatic hydroxyl groups excluding tert-OH is 2. The highest BCUT2D eigenvalue weighted by molar-refractivity contribution is 6.35. The van der Waals surface area contributed by atoms with Crippen molar-refractivity contribution in [3.63, 3.8) is 0 Å². The van der Waals surface area contributed by atoms with E-state index in [1.54, 1.807) is 32.1 Å². The van der Waals surface area contributed by atoms with E-state index in [0.717, 1.165) is 57.6 Å². The van der Waals surface area contributed by atoms with Crippen molar-refractivity contribution in [1.82, 2.24) is 30.0 Å². The van der Waals surface area contributed by atoms with Gasteiger partial charge in [0, 0.05) is 66.9 Å². The van der Waals surface area contributed by atoms with Gasteiger partial charge in [0.25, 0.3) is 17.7 Å². The minimum absolute atomic E-state index is 0.143. The number of aromatic hydroxyl groups is 1. The SMILES string of the molecule is CCN(CC)CCNC(=O)C1=C(C)C(=Cc2c(O)n(CO)c3ccc(F)cc23)N=C1C.CCN(CC)CCNC(=O)c1c(C)[nH]c(/C=C2\C(=O)Nc3ccc(F)cc32)c1C.CO. The van der Waals surface area contributed by atoms with Gasteiger partial charge in [0.15, 0.2) is 0 Å². The number of amides is 3. The summed E-state index contributed by atoms with van der Waals surface area (Å²) in [4.78, 5) is 50.0. The summed E-state index contributed by atoms with van der Waals surface area (Å²) >= 11 is 0. The van der Waals surface area contributed by atoms with E-state index >= 15 is 0 Å². The summed E-state index contributed by atoms with van der Waals surface area (Å²) in [6.07, 6.45) is 3.30. The number of fused-ring (bicyclic) bond motifs is 2. The molecule has 14 nitrogen and oxygen atoms in total. The number of aromatic amines is 1. The molecule has 16 heteroatoms. The molecule has 0 aliphatic carbocycles. The molecular formula is C46H60F2N8O6.